The lowest BCUT2D eigenvalue weighted by Crippen LogP contribution is -2.48. The first-order valence-corrected chi connectivity index (χ1v) is 9.46. The summed E-state index contributed by atoms with van der Waals surface area (Å²) in [5.74, 6) is 1.83. The summed E-state index contributed by atoms with van der Waals surface area (Å²) in [6.45, 7) is 5.98. The summed E-state index contributed by atoms with van der Waals surface area (Å²) in [6, 6.07) is 8.17. The van der Waals surface area contributed by atoms with E-state index in [-0.39, 0.29) is 30.1 Å². The van der Waals surface area contributed by atoms with E-state index in [4.69, 9.17) is 14.5 Å². The van der Waals surface area contributed by atoms with Gasteiger partial charge in [0.25, 0.3) is 0 Å². The van der Waals surface area contributed by atoms with Gasteiger partial charge in [0.2, 0.25) is 0 Å². The van der Waals surface area contributed by atoms with E-state index < -0.39 is 0 Å². The highest BCUT2D eigenvalue weighted by Crippen LogP contribution is 2.21. The first-order valence-electron chi connectivity index (χ1n) is 9.46. The third kappa shape index (κ3) is 6.10. The highest BCUT2D eigenvalue weighted by atomic mass is 127. The van der Waals surface area contributed by atoms with Gasteiger partial charge < -0.3 is 19.7 Å². The van der Waals surface area contributed by atoms with Gasteiger partial charge in [0.15, 0.2) is 5.96 Å². The maximum absolute atomic E-state index is 5.94. The summed E-state index contributed by atoms with van der Waals surface area (Å²) in [4.78, 5) is 7.11. The predicted octanol–water partition coefficient (Wildman–Crippen LogP) is 2.63. The van der Waals surface area contributed by atoms with E-state index in [2.05, 4.69) is 34.4 Å². The van der Waals surface area contributed by atoms with E-state index in [1.165, 1.54) is 5.56 Å². The molecule has 0 saturated carbocycles. The zero-order valence-electron chi connectivity index (χ0n) is 16.8. The van der Waals surface area contributed by atoms with Gasteiger partial charge in [-0.2, -0.15) is 5.10 Å². The number of aliphatic imine (C=N–C) groups is 1. The van der Waals surface area contributed by atoms with Crippen LogP contribution in [-0.2, 0) is 18.2 Å². The molecular formula is C20H30IN5O2. The van der Waals surface area contributed by atoms with Crippen LogP contribution in [-0.4, -0.2) is 60.5 Å². The monoisotopic (exact) mass is 499 g/mol. The third-order valence-corrected chi connectivity index (χ3v) is 4.62. The molecular weight excluding hydrogens is 469 g/mol. The number of benzene rings is 1. The van der Waals surface area contributed by atoms with Gasteiger partial charge in [0.1, 0.15) is 11.9 Å². The molecule has 0 amide bonds. The molecule has 1 unspecified atom stereocenters. The Bertz CT molecular complexity index is 747. The molecule has 2 aromatic rings. The van der Waals surface area contributed by atoms with Crippen LogP contribution in [0.25, 0.3) is 0 Å². The Kier molecular flexibility index (Phi) is 9.04. The molecule has 1 aromatic heterocycles. The molecule has 1 atom stereocenters. The van der Waals surface area contributed by atoms with Crippen molar-refractivity contribution in [2.75, 3.05) is 39.9 Å². The van der Waals surface area contributed by atoms with E-state index in [1.54, 1.807) is 7.11 Å². The maximum atomic E-state index is 5.94. The number of rotatable bonds is 6. The molecule has 1 aliphatic heterocycles. The number of aromatic nitrogens is 2. The third-order valence-electron chi connectivity index (χ3n) is 4.62. The summed E-state index contributed by atoms with van der Waals surface area (Å²) in [5.41, 5.74) is 2.36. The zero-order chi connectivity index (χ0) is 19.1. The standard InChI is InChI=1S/C20H29N5O2.HI/c1-4-21-20(22-10-9-16-5-7-18(26-3)8-6-16)25-11-12-27-19(15-25)17-13-23-24(2)14-17;/h5-8,13-14,19H,4,9-12,15H2,1-3H3,(H,21,22);1H. The van der Waals surface area contributed by atoms with Crippen molar-refractivity contribution in [2.24, 2.45) is 12.0 Å². The topological polar surface area (TPSA) is 63.9 Å². The molecule has 7 nitrogen and oxygen atoms in total. The number of guanidine groups is 1. The number of aryl methyl sites for hydroxylation is 1. The summed E-state index contributed by atoms with van der Waals surface area (Å²) >= 11 is 0. The molecule has 1 fully saturated rings. The first kappa shape index (κ1) is 22.5. The number of methoxy groups -OCH3 is 1. The molecule has 0 bridgehead atoms. The summed E-state index contributed by atoms with van der Waals surface area (Å²) in [7, 11) is 3.61. The predicted molar refractivity (Wildman–Crippen MR) is 122 cm³/mol. The Hall–Kier alpha value is -1.81. The quantitative estimate of drug-likeness (QED) is 0.376. The van der Waals surface area contributed by atoms with Crippen LogP contribution in [0.2, 0.25) is 0 Å². The number of halogens is 1. The molecule has 1 N–H and O–H groups in total. The van der Waals surface area contributed by atoms with Crippen molar-refractivity contribution in [3.05, 3.63) is 47.8 Å². The number of nitrogens with one attached hydrogen (secondary N) is 1. The minimum Gasteiger partial charge on any atom is -0.497 e. The number of nitrogens with zero attached hydrogens (tertiary/aromatic N) is 4. The molecule has 0 radical (unpaired) electrons. The van der Waals surface area contributed by atoms with Gasteiger partial charge in [-0.05, 0) is 31.0 Å². The maximum Gasteiger partial charge on any atom is 0.194 e. The summed E-state index contributed by atoms with van der Waals surface area (Å²) in [6.07, 6.45) is 4.82. The van der Waals surface area contributed by atoms with Crippen LogP contribution >= 0.6 is 24.0 Å². The van der Waals surface area contributed by atoms with E-state index >= 15 is 0 Å². The van der Waals surface area contributed by atoms with Crippen molar-refractivity contribution < 1.29 is 9.47 Å². The van der Waals surface area contributed by atoms with Crippen molar-refractivity contribution in [3.8, 4) is 5.75 Å². The fourth-order valence-electron chi connectivity index (χ4n) is 3.16. The van der Waals surface area contributed by atoms with E-state index in [9.17, 15) is 0 Å². The molecule has 2 heterocycles. The molecule has 154 valence electrons. The molecule has 1 aliphatic rings. The number of morpholine rings is 1. The SMILES string of the molecule is CCNC(=NCCc1ccc(OC)cc1)N1CCOC(c2cnn(C)c2)C1.I. The molecule has 28 heavy (non-hydrogen) atoms. The van der Waals surface area contributed by atoms with Gasteiger partial charge in [-0.25, -0.2) is 0 Å². The van der Waals surface area contributed by atoms with Crippen molar-refractivity contribution >= 4 is 29.9 Å². The minimum atomic E-state index is 0. The first-order chi connectivity index (χ1) is 13.2. The largest absolute Gasteiger partial charge is 0.497 e. The van der Waals surface area contributed by atoms with Gasteiger partial charge in [-0.3, -0.25) is 9.67 Å². The van der Waals surface area contributed by atoms with Crippen LogP contribution in [0, 0.1) is 0 Å². The van der Waals surface area contributed by atoms with E-state index in [0.29, 0.717) is 6.61 Å². The average molecular weight is 499 g/mol. The zero-order valence-corrected chi connectivity index (χ0v) is 19.1. The fraction of sp³-hybridized carbons (Fsp3) is 0.500. The summed E-state index contributed by atoms with van der Waals surface area (Å²) in [5, 5.41) is 7.67. The second-order valence-electron chi connectivity index (χ2n) is 6.59. The average Bonchev–Trinajstić information content (AvgIpc) is 3.14. The molecule has 8 heteroatoms. The van der Waals surface area contributed by atoms with Gasteiger partial charge in [0, 0.05) is 38.4 Å². The Morgan fingerprint density at radius 1 is 1.36 bits per heavy atom. The summed E-state index contributed by atoms with van der Waals surface area (Å²) < 4.78 is 13.0. The normalized spacial score (nSPS) is 17.2. The molecule has 1 saturated heterocycles. The van der Waals surface area contributed by atoms with Crippen LogP contribution in [0.3, 0.4) is 0 Å². The number of hydrogen-bond donors (Lipinski definition) is 1. The van der Waals surface area contributed by atoms with Crippen LogP contribution in [0.5, 0.6) is 5.75 Å². The Morgan fingerprint density at radius 3 is 2.79 bits per heavy atom. The fourth-order valence-corrected chi connectivity index (χ4v) is 3.16. The van der Waals surface area contributed by atoms with Crippen molar-refractivity contribution in [1.82, 2.24) is 20.0 Å². The van der Waals surface area contributed by atoms with E-state index in [1.807, 2.05) is 36.3 Å². The Morgan fingerprint density at radius 2 is 2.14 bits per heavy atom. The minimum absolute atomic E-state index is 0. The van der Waals surface area contributed by atoms with Crippen LogP contribution < -0.4 is 10.1 Å². The Labute approximate surface area is 184 Å². The van der Waals surface area contributed by atoms with E-state index in [0.717, 1.165) is 49.9 Å². The highest BCUT2D eigenvalue weighted by molar-refractivity contribution is 14.0. The molecule has 0 spiro atoms. The second kappa shape index (κ2) is 11.3. The molecule has 3 rings (SSSR count). The number of hydrogen-bond acceptors (Lipinski definition) is 4. The van der Waals surface area contributed by atoms with Crippen molar-refractivity contribution in [3.63, 3.8) is 0 Å². The lowest BCUT2D eigenvalue weighted by Gasteiger charge is -2.34. The van der Waals surface area contributed by atoms with Crippen LogP contribution in [0.15, 0.2) is 41.7 Å². The Balaban J connectivity index is 0.00000280. The molecule has 0 aliphatic carbocycles. The van der Waals surface area contributed by atoms with Gasteiger partial charge in [-0.15, -0.1) is 24.0 Å². The van der Waals surface area contributed by atoms with Crippen LogP contribution in [0.1, 0.15) is 24.2 Å². The highest BCUT2D eigenvalue weighted by Gasteiger charge is 2.25. The lowest BCUT2D eigenvalue weighted by atomic mass is 10.1. The second-order valence-corrected chi connectivity index (χ2v) is 6.59. The van der Waals surface area contributed by atoms with Gasteiger partial charge in [-0.1, -0.05) is 12.1 Å². The van der Waals surface area contributed by atoms with Gasteiger partial charge in [0.05, 0.1) is 26.5 Å². The number of ether oxygens (including phenoxy) is 2. The molecule has 1 aromatic carbocycles. The lowest BCUT2D eigenvalue weighted by molar-refractivity contribution is -0.00803. The van der Waals surface area contributed by atoms with Crippen LogP contribution in [0.4, 0.5) is 0 Å². The van der Waals surface area contributed by atoms with Crippen molar-refractivity contribution in [2.45, 2.75) is 19.4 Å². The van der Waals surface area contributed by atoms with Crippen molar-refractivity contribution in [1.29, 1.82) is 0 Å². The smallest absolute Gasteiger partial charge is 0.194 e. The van der Waals surface area contributed by atoms with Gasteiger partial charge >= 0.3 is 0 Å².